The molecular weight excluding hydrogens is 403 g/mol. The van der Waals surface area contributed by atoms with Crippen molar-refractivity contribution in [2.45, 2.75) is 51.5 Å². The molecule has 2 heterocycles. The molecule has 0 atom stereocenters. The van der Waals surface area contributed by atoms with Crippen LogP contribution in [0.5, 0.6) is 0 Å². The van der Waals surface area contributed by atoms with Crippen molar-refractivity contribution in [1.82, 2.24) is 4.98 Å². The average molecular weight is 427 g/mol. The number of rotatable bonds is 7. The van der Waals surface area contributed by atoms with Crippen molar-refractivity contribution >= 4 is 5.97 Å². The summed E-state index contributed by atoms with van der Waals surface area (Å²) in [6.45, 7) is 3.70. The summed E-state index contributed by atoms with van der Waals surface area (Å²) < 4.78 is 55.7. The molecule has 1 fully saturated rings. The molecule has 1 aromatic carbocycles. The van der Waals surface area contributed by atoms with Gasteiger partial charge in [-0.1, -0.05) is 24.1 Å². The fourth-order valence-electron chi connectivity index (χ4n) is 3.22. The van der Waals surface area contributed by atoms with Gasteiger partial charge in [-0.3, -0.25) is 0 Å². The molecule has 0 aliphatic carbocycles. The van der Waals surface area contributed by atoms with E-state index in [1.165, 1.54) is 6.92 Å². The third kappa shape index (κ3) is 5.20. The minimum atomic E-state index is -4.61. The molecule has 3 rings (SSSR count). The highest BCUT2D eigenvalue weighted by Gasteiger charge is 2.41. The number of aliphatic carboxylic acids is 1. The molecule has 0 unspecified atom stereocenters. The number of oxazole rings is 1. The number of carboxylic acid groups (broad SMARTS) is 1. The van der Waals surface area contributed by atoms with Crippen LogP contribution in [0.2, 0.25) is 0 Å². The Morgan fingerprint density at radius 3 is 2.40 bits per heavy atom. The molecule has 6 nitrogen and oxygen atoms in total. The van der Waals surface area contributed by atoms with Gasteiger partial charge in [0.2, 0.25) is 11.7 Å². The number of benzene rings is 1. The second kappa shape index (κ2) is 8.77. The Balaban J connectivity index is 1.57. The van der Waals surface area contributed by atoms with Crippen LogP contribution < -0.4 is 0 Å². The van der Waals surface area contributed by atoms with Crippen molar-refractivity contribution in [2.24, 2.45) is 5.92 Å². The Labute approximate surface area is 172 Å². The number of hydrogen-bond donors (Lipinski definition) is 1. The summed E-state index contributed by atoms with van der Waals surface area (Å²) in [5, 5.41) is 9.06. The van der Waals surface area contributed by atoms with Crippen molar-refractivity contribution in [2.75, 3.05) is 13.2 Å². The normalized spacial score (nSPS) is 22.2. The van der Waals surface area contributed by atoms with Crippen LogP contribution in [0.15, 0.2) is 28.7 Å². The molecule has 164 valence electrons. The average Bonchev–Trinajstić information content (AvgIpc) is 3.12. The highest BCUT2D eigenvalue weighted by molar-refractivity contribution is 5.75. The zero-order valence-electron chi connectivity index (χ0n) is 16.8. The number of ether oxygens (including phenoxy) is 2. The van der Waals surface area contributed by atoms with E-state index in [4.69, 9.17) is 19.0 Å². The van der Waals surface area contributed by atoms with Gasteiger partial charge in [0.05, 0.1) is 18.9 Å². The lowest BCUT2D eigenvalue weighted by Gasteiger charge is -2.34. The number of halogens is 3. The summed E-state index contributed by atoms with van der Waals surface area (Å²) in [5.41, 5.74) is 1.38. The molecular formula is C21H24F3NO5. The molecule has 1 N–H and O–H groups in total. The fraction of sp³-hybridized carbons (Fsp3) is 0.524. The van der Waals surface area contributed by atoms with E-state index in [0.717, 1.165) is 5.56 Å². The first-order valence-corrected chi connectivity index (χ1v) is 9.74. The van der Waals surface area contributed by atoms with Crippen molar-refractivity contribution in [1.29, 1.82) is 0 Å². The number of aromatic nitrogens is 1. The smallest absolute Gasteiger partial charge is 0.451 e. The van der Waals surface area contributed by atoms with Gasteiger partial charge in [0.25, 0.3) is 5.79 Å². The van der Waals surface area contributed by atoms with Gasteiger partial charge >= 0.3 is 12.1 Å². The van der Waals surface area contributed by atoms with E-state index >= 15 is 0 Å². The van der Waals surface area contributed by atoms with Gasteiger partial charge in [0, 0.05) is 18.4 Å². The maximum atomic E-state index is 13.4. The predicted molar refractivity (Wildman–Crippen MR) is 101 cm³/mol. The maximum absolute atomic E-state index is 13.4. The van der Waals surface area contributed by atoms with Gasteiger partial charge in [-0.25, -0.2) is 9.78 Å². The zero-order valence-corrected chi connectivity index (χ0v) is 16.8. The SMILES string of the molecule is Cc1ccc(-c2nc(CCCCC3COC(C)(C(=O)O)OC3)c(C(F)(F)F)o2)cc1. The monoisotopic (exact) mass is 427 g/mol. The first-order chi connectivity index (χ1) is 14.1. The van der Waals surface area contributed by atoms with E-state index in [2.05, 4.69) is 4.98 Å². The molecule has 1 saturated heterocycles. The van der Waals surface area contributed by atoms with Gasteiger partial charge in [-0.2, -0.15) is 13.2 Å². The molecule has 0 bridgehead atoms. The first-order valence-electron chi connectivity index (χ1n) is 9.74. The van der Waals surface area contributed by atoms with Crippen LogP contribution in [-0.4, -0.2) is 35.1 Å². The Hall–Kier alpha value is -2.39. The number of hydrogen-bond acceptors (Lipinski definition) is 5. The van der Waals surface area contributed by atoms with Crippen LogP contribution in [0.1, 0.15) is 43.2 Å². The Kier molecular flexibility index (Phi) is 6.52. The van der Waals surface area contributed by atoms with E-state index in [9.17, 15) is 18.0 Å². The second-order valence-corrected chi connectivity index (χ2v) is 7.64. The van der Waals surface area contributed by atoms with Crippen molar-refractivity contribution in [3.05, 3.63) is 41.3 Å². The van der Waals surface area contributed by atoms with Crippen LogP contribution in [0.4, 0.5) is 13.2 Å². The standard InChI is InChI=1S/C21H24F3NO5/c1-13-7-9-15(10-8-13)18-25-16(17(30-18)21(22,23)24)6-4-3-5-14-11-28-20(2,19(26)27)29-12-14/h7-10,14H,3-6,11-12H2,1-2H3,(H,26,27). The highest BCUT2D eigenvalue weighted by atomic mass is 19.4. The highest BCUT2D eigenvalue weighted by Crippen LogP contribution is 2.36. The molecule has 0 spiro atoms. The summed E-state index contributed by atoms with van der Waals surface area (Å²) in [4.78, 5) is 15.2. The van der Waals surface area contributed by atoms with Crippen molar-refractivity contribution < 1.29 is 37.0 Å². The van der Waals surface area contributed by atoms with Gasteiger partial charge in [-0.05, 0) is 38.3 Å². The first kappa shape index (κ1) is 22.3. The third-order valence-corrected chi connectivity index (χ3v) is 5.11. The lowest BCUT2D eigenvalue weighted by molar-refractivity contribution is -0.271. The summed E-state index contributed by atoms with van der Waals surface area (Å²) >= 11 is 0. The van der Waals surface area contributed by atoms with Gasteiger partial charge in [0.15, 0.2) is 0 Å². The molecule has 0 radical (unpaired) electrons. The lowest BCUT2D eigenvalue weighted by Crippen LogP contribution is -2.47. The van der Waals surface area contributed by atoms with Crippen molar-refractivity contribution in [3.8, 4) is 11.5 Å². The van der Waals surface area contributed by atoms with E-state index in [0.29, 0.717) is 24.8 Å². The molecule has 1 aromatic heterocycles. The number of aryl methyl sites for hydroxylation is 2. The van der Waals surface area contributed by atoms with Gasteiger partial charge in [0.1, 0.15) is 0 Å². The Morgan fingerprint density at radius 1 is 1.20 bits per heavy atom. The molecule has 0 amide bonds. The summed E-state index contributed by atoms with van der Waals surface area (Å²) in [6, 6.07) is 6.93. The molecule has 2 aromatic rings. The zero-order chi connectivity index (χ0) is 21.9. The Bertz CT molecular complexity index is 868. The maximum Gasteiger partial charge on any atom is 0.451 e. The Morgan fingerprint density at radius 2 is 1.83 bits per heavy atom. The number of nitrogens with zero attached hydrogens (tertiary/aromatic N) is 1. The fourth-order valence-corrected chi connectivity index (χ4v) is 3.22. The quantitative estimate of drug-likeness (QED) is 0.637. The predicted octanol–water partition coefficient (Wildman–Crippen LogP) is 4.85. The summed E-state index contributed by atoms with van der Waals surface area (Å²) in [6.07, 6.45) is -2.72. The molecule has 30 heavy (non-hydrogen) atoms. The number of unbranched alkanes of at least 4 members (excludes halogenated alkanes) is 1. The molecule has 1 aliphatic rings. The van der Waals surface area contributed by atoms with Crippen LogP contribution in [0.3, 0.4) is 0 Å². The minimum absolute atomic E-state index is 0.0000557. The van der Waals surface area contributed by atoms with E-state index in [-0.39, 0.29) is 37.1 Å². The largest absolute Gasteiger partial charge is 0.477 e. The minimum Gasteiger partial charge on any atom is -0.477 e. The lowest BCUT2D eigenvalue weighted by atomic mass is 10.0. The van der Waals surface area contributed by atoms with E-state index in [1.807, 2.05) is 6.92 Å². The van der Waals surface area contributed by atoms with E-state index < -0.39 is 23.7 Å². The molecule has 9 heteroatoms. The number of alkyl halides is 3. The molecule has 0 saturated carbocycles. The van der Waals surface area contributed by atoms with Crippen LogP contribution in [-0.2, 0) is 26.9 Å². The number of carbonyl (C=O) groups is 1. The summed E-state index contributed by atoms with van der Waals surface area (Å²) in [5.74, 6) is -3.92. The van der Waals surface area contributed by atoms with Crippen LogP contribution in [0.25, 0.3) is 11.5 Å². The van der Waals surface area contributed by atoms with Crippen LogP contribution in [0, 0.1) is 12.8 Å². The van der Waals surface area contributed by atoms with Crippen LogP contribution >= 0.6 is 0 Å². The topological polar surface area (TPSA) is 81.8 Å². The van der Waals surface area contributed by atoms with Crippen molar-refractivity contribution in [3.63, 3.8) is 0 Å². The van der Waals surface area contributed by atoms with Gasteiger partial charge < -0.3 is 19.0 Å². The second-order valence-electron chi connectivity index (χ2n) is 7.64. The van der Waals surface area contributed by atoms with Gasteiger partial charge in [-0.15, -0.1) is 0 Å². The summed E-state index contributed by atoms with van der Waals surface area (Å²) in [7, 11) is 0. The number of carboxylic acids is 1. The molecule has 1 aliphatic heterocycles. The van der Waals surface area contributed by atoms with E-state index in [1.54, 1.807) is 24.3 Å². The third-order valence-electron chi connectivity index (χ3n) is 5.11.